The van der Waals surface area contributed by atoms with Gasteiger partial charge in [0.15, 0.2) is 0 Å². The highest BCUT2D eigenvalue weighted by atomic mass is 79.9. The number of ether oxygens (including phenoxy) is 1. The van der Waals surface area contributed by atoms with Gasteiger partial charge in [0.05, 0.1) is 18.8 Å². The first kappa shape index (κ1) is 17.4. The molecule has 1 fully saturated rings. The van der Waals surface area contributed by atoms with Crippen LogP contribution in [0.2, 0.25) is 0 Å². The van der Waals surface area contributed by atoms with Gasteiger partial charge in [-0.2, -0.15) is 0 Å². The summed E-state index contributed by atoms with van der Waals surface area (Å²) in [7, 11) is 0. The van der Waals surface area contributed by atoms with Crippen LogP contribution < -0.4 is 5.32 Å². The molecule has 2 rings (SSSR count). The van der Waals surface area contributed by atoms with Crippen molar-refractivity contribution in [3.8, 4) is 0 Å². The van der Waals surface area contributed by atoms with Crippen LogP contribution in [0, 0.1) is 11.7 Å². The number of halogens is 2. The Hall–Kier alpha value is -0.980. The molecule has 122 valence electrons. The van der Waals surface area contributed by atoms with Crippen LogP contribution in [0.25, 0.3) is 0 Å². The minimum Gasteiger partial charge on any atom is -0.379 e. The van der Waals surface area contributed by atoms with E-state index in [1.165, 1.54) is 12.1 Å². The Labute approximate surface area is 139 Å². The van der Waals surface area contributed by atoms with Gasteiger partial charge in [-0.25, -0.2) is 4.39 Å². The SMILES string of the molecule is CC(C)C(CNC(=O)c1cc(Br)ccc1F)N1CCOCC1. The zero-order valence-electron chi connectivity index (χ0n) is 12.9. The fourth-order valence-electron chi connectivity index (χ4n) is 2.66. The lowest BCUT2D eigenvalue weighted by Crippen LogP contribution is -2.51. The van der Waals surface area contributed by atoms with E-state index in [0.717, 1.165) is 26.3 Å². The average molecular weight is 373 g/mol. The summed E-state index contributed by atoms with van der Waals surface area (Å²) >= 11 is 3.26. The second kappa shape index (κ2) is 8.04. The van der Waals surface area contributed by atoms with Crippen molar-refractivity contribution >= 4 is 21.8 Å². The molecule has 1 aliphatic heterocycles. The fourth-order valence-corrected chi connectivity index (χ4v) is 3.02. The summed E-state index contributed by atoms with van der Waals surface area (Å²) in [4.78, 5) is 14.5. The second-order valence-corrected chi connectivity index (χ2v) is 6.71. The van der Waals surface area contributed by atoms with E-state index in [1.807, 2.05) is 0 Å². The minimum absolute atomic E-state index is 0.0684. The molecule has 1 aromatic rings. The highest BCUT2D eigenvalue weighted by Crippen LogP contribution is 2.16. The molecule has 1 saturated heterocycles. The first-order chi connectivity index (χ1) is 10.5. The van der Waals surface area contributed by atoms with Crippen molar-refractivity contribution in [2.24, 2.45) is 5.92 Å². The van der Waals surface area contributed by atoms with Crippen LogP contribution in [0.1, 0.15) is 24.2 Å². The standard InChI is InChI=1S/C16H22BrFN2O2/c1-11(2)15(20-5-7-22-8-6-20)10-19-16(21)13-9-12(17)3-4-14(13)18/h3-4,9,11,15H,5-8,10H2,1-2H3,(H,19,21). The third-order valence-electron chi connectivity index (χ3n) is 3.93. The molecule has 22 heavy (non-hydrogen) atoms. The van der Waals surface area contributed by atoms with Crippen LogP contribution in [-0.4, -0.2) is 49.7 Å². The van der Waals surface area contributed by atoms with Crippen LogP contribution in [0.5, 0.6) is 0 Å². The number of benzene rings is 1. The average Bonchev–Trinajstić information content (AvgIpc) is 2.50. The molecule has 1 unspecified atom stereocenters. The van der Waals surface area contributed by atoms with Gasteiger partial charge in [-0.1, -0.05) is 29.8 Å². The number of amides is 1. The van der Waals surface area contributed by atoms with Gasteiger partial charge in [0.25, 0.3) is 5.91 Å². The fraction of sp³-hybridized carbons (Fsp3) is 0.562. The monoisotopic (exact) mass is 372 g/mol. The number of nitrogens with zero attached hydrogens (tertiary/aromatic N) is 1. The maximum atomic E-state index is 13.7. The topological polar surface area (TPSA) is 41.6 Å². The molecule has 1 aromatic carbocycles. The van der Waals surface area contributed by atoms with E-state index in [-0.39, 0.29) is 17.5 Å². The summed E-state index contributed by atoms with van der Waals surface area (Å²) in [5.74, 6) is -0.489. The third-order valence-corrected chi connectivity index (χ3v) is 4.42. The van der Waals surface area contributed by atoms with Crippen LogP contribution in [0.15, 0.2) is 22.7 Å². The lowest BCUT2D eigenvalue weighted by atomic mass is 10.0. The number of nitrogens with one attached hydrogen (secondary N) is 1. The lowest BCUT2D eigenvalue weighted by Gasteiger charge is -2.36. The van der Waals surface area contributed by atoms with Gasteiger partial charge in [-0.05, 0) is 24.1 Å². The Balaban J connectivity index is 1.99. The minimum atomic E-state index is -0.506. The molecule has 1 atom stereocenters. The maximum absolute atomic E-state index is 13.7. The van der Waals surface area contributed by atoms with E-state index in [1.54, 1.807) is 6.07 Å². The predicted molar refractivity (Wildman–Crippen MR) is 87.5 cm³/mol. The number of carbonyl (C=O) groups is 1. The van der Waals surface area contributed by atoms with Crippen molar-refractivity contribution in [2.75, 3.05) is 32.8 Å². The molecule has 0 spiro atoms. The van der Waals surface area contributed by atoms with Crippen molar-refractivity contribution in [2.45, 2.75) is 19.9 Å². The molecule has 1 aliphatic rings. The second-order valence-electron chi connectivity index (χ2n) is 5.79. The van der Waals surface area contributed by atoms with Gasteiger partial charge in [-0.15, -0.1) is 0 Å². The number of carbonyl (C=O) groups excluding carboxylic acids is 1. The molecule has 1 amide bonds. The van der Waals surface area contributed by atoms with Crippen LogP contribution >= 0.6 is 15.9 Å². The van der Waals surface area contributed by atoms with Gasteiger partial charge in [0.2, 0.25) is 0 Å². The van der Waals surface area contributed by atoms with Crippen molar-refractivity contribution in [3.63, 3.8) is 0 Å². The van der Waals surface area contributed by atoms with Gasteiger partial charge in [-0.3, -0.25) is 9.69 Å². The summed E-state index contributed by atoms with van der Waals surface area (Å²) < 4.78 is 19.8. The molecule has 0 radical (unpaired) electrons. The Morgan fingerprint density at radius 3 is 2.73 bits per heavy atom. The zero-order chi connectivity index (χ0) is 16.1. The van der Waals surface area contributed by atoms with Crippen LogP contribution in [0.3, 0.4) is 0 Å². The Kier molecular flexibility index (Phi) is 6.35. The first-order valence-electron chi connectivity index (χ1n) is 7.54. The molecule has 1 heterocycles. The molecular formula is C16H22BrFN2O2. The number of hydrogen-bond donors (Lipinski definition) is 1. The number of hydrogen-bond acceptors (Lipinski definition) is 3. The van der Waals surface area contributed by atoms with E-state index in [4.69, 9.17) is 4.74 Å². The molecule has 4 nitrogen and oxygen atoms in total. The Bertz CT molecular complexity index is 519. The summed E-state index contributed by atoms with van der Waals surface area (Å²) in [6.07, 6.45) is 0. The summed E-state index contributed by atoms with van der Waals surface area (Å²) in [5, 5.41) is 2.86. The lowest BCUT2D eigenvalue weighted by molar-refractivity contribution is 0.00672. The van der Waals surface area contributed by atoms with Crippen LogP contribution in [-0.2, 0) is 4.74 Å². The van der Waals surface area contributed by atoms with E-state index in [0.29, 0.717) is 16.9 Å². The van der Waals surface area contributed by atoms with Gasteiger partial charge in [0.1, 0.15) is 5.82 Å². The van der Waals surface area contributed by atoms with Crippen LogP contribution in [0.4, 0.5) is 4.39 Å². The molecule has 0 bridgehead atoms. The van der Waals surface area contributed by atoms with E-state index >= 15 is 0 Å². The van der Waals surface area contributed by atoms with Crippen molar-refractivity contribution in [1.82, 2.24) is 10.2 Å². The summed E-state index contributed by atoms with van der Waals surface area (Å²) in [5.41, 5.74) is 0.0684. The van der Waals surface area contributed by atoms with Crippen molar-refractivity contribution in [1.29, 1.82) is 0 Å². The smallest absolute Gasteiger partial charge is 0.254 e. The van der Waals surface area contributed by atoms with E-state index in [9.17, 15) is 9.18 Å². The normalized spacial score (nSPS) is 17.5. The Morgan fingerprint density at radius 2 is 2.09 bits per heavy atom. The number of rotatable bonds is 5. The van der Waals surface area contributed by atoms with Gasteiger partial charge in [0, 0.05) is 30.1 Å². The van der Waals surface area contributed by atoms with Crippen molar-refractivity contribution in [3.05, 3.63) is 34.1 Å². The van der Waals surface area contributed by atoms with Gasteiger partial charge >= 0.3 is 0 Å². The zero-order valence-corrected chi connectivity index (χ0v) is 14.5. The largest absolute Gasteiger partial charge is 0.379 e. The highest BCUT2D eigenvalue weighted by molar-refractivity contribution is 9.10. The molecule has 0 saturated carbocycles. The molecule has 1 N–H and O–H groups in total. The Morgan fingerprint density at radius 1 is 1.41 bits per heavy atom. The molecule has 6 heteroatoms. The molecule has 0 aliphatic carbocycles. The third kappa shape index (κ3) is 4.51. The molecule has 0 aromatic heterocycles. The molecular weight excluding hydrogens is 351 g/mol. The maximum Gasteiger partial charge on any atom is 0.254 e. The predicted octanol–water partition coefficient (Wildman–Crippen LogP) is 2.67. The highest BCUT2D eigenvalue weighted by Gasteiger charge is 2.24. The quantitative estimate of drug-likeness (QED) is 0.863. The van der Waals surface area contributed by atoms with E-state index in [2.05, 4.69) is 40.0 Å². The van der Waals surface area contributed by atoms with Gasteiger partial charge < -0.3 is 10.1 Å². The number of morpholine rings is 1. The first-order valence-corrected chi connectivity index (χ1v) is 8.33. The summed E-state index contributed by atoms with van der Waals surface area (Å²) in [6.45, 7) is 7.93. The summed E-state index contributed by atoms with van der Waals surface area (Å²) in [6, 6.07) is 4.60. The van der Waals surface area contributed by atoms with Crippen molar-refractivity contribution < 1.29 is 13.9 Å². The van der Waals surface area contributed by atoms with E-state index < -0.39 is 5.82 Å².